The highest BCUT2D eigenvalue weighted by molar-refractivity contribution is 5.77. The molecule has 0 aliphatic carbocycles. The fraction of sp³-hybridized carbons (Fsp3) is 0.583. The SMILES string of the molecule is CC(C)(C)c1nc(Cn2cc(CNC(=O)CN)nn2)no1. The van der Waals surface area contributed by atoms with Crippen molar-refractivity contribution in [3.05, 3.63) is 23.6 Å². The summed E-state index contributed by atoms with van der Waals surface area (Å²) in [4.78, 5) is 15.4. The minimum atomic E-state index is -0.238. The van der Waals surface area contributed by atoms with Crippen molar-refractivity contribution in [1.82, 2.24) is 30.5 Å². The minimum absolute atomic E-state index is 0.0490. The monoisotopic (exact) mass is 293 g/mol. The van der Waals surface area contributed by atoms with Gasteiger partial charge in [-0.1, -0.05) is 31.1 Å². The summed E-state index contributed by atoms with van der Waals surface area (Å²) in [6.45, 7) is 6.59. The van der Waals surface area contributed by atoms with Gasteiger partial charge in [0.05, 0.1) is 19.3 Å². The van der Waals surface area contributed by atoms with E-state index in [2.05, 4.69) is 25.8 Å². The van der Waals surface area contributed by atoms with Crippen molar-refractivity contribution in [2.24, 2.45) is 5.73 Å². The zero-order valence-electron chi connectivity index (χ0n) is 12.3. The van der Waals surface area contributed by atoms with Crippen molar-refractivity contribution < 1.29 is 9.32 Å². The molecule has 0 atom stereocenters. The molecule has 0 aliphatic rings. The average molecular weight is 293 g/mol. The predicted molar refractivity (Wildman–Crippen MR) is 73.0 cm³/mol. The molecule has 114 valence electrons. The summed E-state index contributed by atoms with van der Waals surface area (Å²) in [7, 11) is 0. The highest BCUT2D eigenvalue weighted by Crippen LogP contribution is 2.19. The molecule has 2 aromatic heterocycles. The first-order valence-electron chi connectivity index (χ1n) is 6.57. The average Bonchev–Trinajstić information content (AvgIpc) is 3.05. The molecule has 2 aromatic rings. The standard InChI is InChI=1S/C12H19N7O2/c1-12(2,3)11-15-9(17-21-11)7-19-6-8(16-18-19)5-14-10(20)4-13/h6H,4-5,7,13H2,1-3H3,(H,14,20). The van der Waals surface area contributed by atoms with Crippen molar-refractivity contribution >= 4 is 5.91 Å². The molecule has 9 heteroatoms. The van der Waals surface area contributed by atoms with Crippen molar-refractivity contribution in [3.8, 4) is 0 Å². The fourth-order valence-corrected chi connectivity index (χ4v) is 1.53. The summed E-state index contributed by atoms with van der Waals surface area (Å²) in [5, 5.41) is 14.4. The third-order valence-corrected chi connectivity index (χ3v) is 2.65. The number of aromatic nitrogens is 5. The molecule has 0 saturated carbocycles. The molecule has 9 nitrogen and oxygen atoms in total. The molecule has 0 bridgehead atoms. The van der Waals surface area contributed by atoms with Crippen LogP contribution in [-0.2, 0) is 23.3 Å². The molecule has 0 radical (unpaired) electrons. The van der Waals surface area contributed by atoms with Gasteiger partial charge >= 0.3 is 0 Å². The Bertz CT molecular complexity index is 611. The van der Waals surface area contributed by atoms with E-state index in [-0.39, 0.29) is 24.4 Å². The molecular weight excluding hydrogens is 274 g/mol. The van der Waals surface area contributed by atoms with Gasteiger partial charge in [-0.05, 0) is 0 Å². The van der Waals surface area contributed by atoms with E-state index in [0.717, 1.165) is 0 Å². The van der Waals surface area contributed by atoms with E-state index in [1.807, 2.05) is 20.8 Å². The maximum Gasteiger partial charge on any atom is 0.234 e. The molecule has 0 unspecified atom stereocenters. The van der Waals surface area contributed by atoms with Crippen LogP contribution in [0.3, 0.4) is 0 Å². The minimum Gasteiger partial charge on any atom is -0.349 e. The van der Waals surface area contributed by atoms with E-state index in [1.165, 1.54) is 0 Å². The van der Waals surface area contributed by atoms with E-state index in [0.29, 0.717) is 24.0 Å². The highest BCUT2D eigenvalue weighted by Gasteiger charge is 2.21. The van der Waals surface area contributed by atoms with Crippen LogP contribution >= 0.6 is 0 Å². The number of hydrogen-bond donors (Lipinski definition) is 2. The number of rotatable bonds is 5. The predicted octanol–water partition coefficient (Wildman–Crippen LogP) is -0.418. The summed E-state index contributed by atoms with van der Waals surface area (Å²) in [6, 6.07) is 0. The number of carbonyl (C=O) groups is 1. The van der Waals surface area contributed by atoms with Gasteiger partial charge in [-0.2, -0.15) is 4.98 Å². The number of nitrogens with two attached hydrogens (primary N) is 1. The van der Waals surface area contributed by atoms with E-state index < -0.39 is 0 Å². The summed E-state index contributed by atoms with van der Waals surface area (Å²) < 4.78 is 6.79. The number of amides is 1. The Labute approximate surface area is 121 Å². The van der Waals surface area contributed by atoms with Crippen LogP contribution in [0.4, 0.5) is 0 Å². The molecule has 0 fully saturated rings. The summed E-state index contributed by atoms with van der Waals surface area (Å²) in [5.74, 6) is 0.868. The number of carbonyl (C=O) groups excluding carboxylic acids is 1. The Morgan fingerprint density at radius 1 is 1.48 bits per heavy atom. The molecule has 0 aromatic carbocycles. The molecule has 0 spiro atoms. The molecule has 1 amide bonds. The second kappa shape index (κ2) is 6.00. The number of nitrogens with zero attached hydrogens (tertiary/aromatic N) is 5. The lowest BCUT2D eigenvalue weighted by Gasteiger charge is -2.10. The van der Waals surface area contributed by atoms with Gasteiger partial charge in [0.2, 0.25) is 11.8 Å². The van der Waals surface area contributed by atoms with E-state index in [1.54, 1.807) is 10.9 Å². The van der Waals surface area contributed by atoms with Gasteiger partial charge in [0.25, 0.3) is 0 Å². The summed E-state index contributed by atoms with van der Waals surface area (Å²) in [5.41, 5.74) is 5.65. The molecule has 3 N–H and O–H groups in total. The Hall–Kier alpha value is -2.29. The Kier molecular flexibility index (Phi) is 4.32. The third kappa shape index (κ3) is 4.09. The first kappa shape index (κ1) is 15.1. The first-order chi connectivity index (χ1) is 9.88. The molecule has 2 rings (SSSR count). The smallest absolute Gasteiger partial charge is 0.234 e. The molecule has 2 heterocycles. The zero-order chi connectivity index (χ0) is 15.5. The van der Waals surface area contributed by atoms with Gasteiger partial charge < -0.3 is 15.6 Å². The molecule has 0 aliphatic heterocycles. The van der Waals surface area contributed by atoms with E-state index in [9.17, 15) is 4.79 Å². The van der Waals surface area contributed by atoms with Crippen LogP contribution in [0, 0.1) is 0 Å². The topological polar surface area (TPSA) is 125 Å². The van der Waals surface area contributed by atoms with Gasteiger partial charge in [-0.15, -0.1) is 5.10 Å². The largest absolute Gasteiger partial charge is 0.349 e. The van der Waals surface area contributed by atoms with Gasteiger partial charge in [0, 0.05) is 5.41 Å². The van der Waals surface area contributed by atoms with E-state index in [4.69, 9.17) is 10.3 Å². The second-order valence-corrected chi connectivity index (χ2v) is 5.65. The zero-order valence-corrected chi connectivity index (χ0v) is 12.3. The Morgan fingerprint density at radius 2 is 2.24 bits per heavy atom. The normalized spacial score (nSPS) is 11.6. The van der Waals surface area contributed by atoms with E-state index >= 15 is 0 Å². The lowest BCUT2D eigenvalue weighted by Crippen LogP contribution is -2.29. The van der Waals surface area contributed by atoms with Gasteiger partial charge in [-0.25, -0.2) is 4.68 Å². The maximum atomic E-state index is 11.1. The Balaban J connectivity index is 1.96. The fourth-order valence-electron chi connectivity index (χ4n) is 1.53. The van der Waals surface area contributed by atoms with Crippen molar-refractivity contribution in [2.75, 3.05) is 6.54 Å². The van der Waals surface area contributed by atoms with Crippen LogP contribution in [0.15, 0.2) is 10.7 Å². The van der Waals surface area contributed by atoms with Crippen LogP contribution in [0.1, 0.15) is 38.2 Å². The lowest BCUT2D eigenvalue weighted by molar-refractivity contribution is -0.119. The van der Waals surface area contributed by atoms with Crippen molar-refractivity contribution in [2.45, 2.75) is 39.3 Å². The summed E-state index contributed by atoms with van der Waals surface area (Å²) in [6.07, 6.45) is 1.71. The van der Waals surface area contributed by atoms with Crippen molar-refractivity contribution in [3.63, 3.8) is 0 Å². The van der Waals surface area contributed by atoms with Crippen LogP contribution in [-0.4, -0.2) is 37.6 Å². The van der Waals surface area contributed by atoms with Gasteiger partial charge in [0.15, 0.2) is 5.82 Å². The lowest BCUT2D eigenvalue weighted by atomic mass is 9.97. The number of nitrogens with one attached hydrogen (secondary N) is 1. The molecular formula is C12H19N7O2. The van der Waals surface area contributed by atoms with Gasteiger partial charge in [0.1, 0.15) is 12.2 Å². The molecule has 21 heavy (non-hydrogen) atoms. The third-order valence-electron chi connectivity index (χ3n) is 2.65. The van der Waals surface area contributed by atoms with Gasteiger partial charge in [-0.3, -0.25) is 4.79 Å². The first-order valence-corrected chi connectivity index (χ1v) is 6.57. The summed E-state index contributed by atoms with van der Waals surface area (Å²) >= 11 is 0. The van der Waals surface area contributed by atoms with Crippen LogP contribution in [0.25, 0.3) is 0 Å². The highest BCUT2D eigenvalue weighted by atomic mass is 16.5. The second-order valence-electron chi connectivity index (χ2n) is 5.65. The van der Waals surface area contributed by atoms with Crippen molar-refractivity contribution in [1.29, 1.82) is 0 Å². The molecule has 0 saturated heterocycles. The number of hydrogen-bond acceptors (Lipinski definition) is 7. The van der Waals surface area contributed by atoms with Crippen LogP contribution in [0.5, 0.6) is 0 Å². The van der Waals surface area contributed by atoms with Crippen LogP contribution < -0.4 is 11.1 Å². The van der Waals surface area contributed by atoms with Crippen LogP contribution in [0.2, 0.25) is 0 Å². The quantitative estimate of drug-likeness (QED) is 0.767. The maximum absolute atomic E-state index is 11.1. The Morgan fingerprint density at radius 3 is 2.86 bits per heavy atom.